The van der Waals surface area contributed by atoms with E-state index in [0.717, 1.165) is 12.8 Å². The lowest BCUT2D eigenvalue weighted by atomic mass is 10.0. The second kappa shape index (κ2) is 16.1. The Morgan fingerprint density at radius 2 is 1.16 bits per heavy atom. The van der Waals surface area contributed by atoms with Crippen LogP contribution < -0.4 is 0 Å². The number of rotatable bonds is 15. The summed E-state index contributed by atoms with van der Waals surface area (Å²) in [6.45, 7) is 4.48. The molecule has 0 aliphatic rings. The van der Waals surface area contributed by atoms with Crippen molar-refractivity contribution in [2.75, 3.05) is 0 Å². The first kappa shape index (κ1) is 19.1. The summed E-state index contributed by atoms with van der Waals surface area (Å²) >= 11 is 0. The maximum Gasteiger partial charge on any atom is 0.327 e. The molecule has 114 valence electrons. The van der Waals surface area contributed by atoms with Crippen molar-refractivity contribution in [3.63, 3.8) is 0 Å². The second-order valence-corrected chi connectivity index (χ2v) is 5.92. The third-order valence-corrected chi connectivity index (χ3v) is 4.09. The molecule has 0 radical (unpaired) electrons. The van der Waals surface area contributed by atoms with Crippen LogP contribution in [0.1, 0.15) is 97.3 Å². The van der Waals surface area contributed by atoms with Crippen LogP contribution in [-0.2, 0) is 9.09 Å². The standard InChI is InChI=1S/C16H33O2P/c1-3-5-7-9-11-13-15-16(18-19-17)14-12-10-8-6-4-2/h16H,3-15H2,1-2H3. The average Bonchev–Trinajstić information content (AvgIpc) is 2.42. The van der Waals surface area contributed by atoms with Gasteiger partial charge in [-0.25, -0.2) is 4.57 Å². The van der Waals surface area contributed by atoms with Crippen molar-refractivity contribution >= 4 is 8.69 Å². The highest BCUT2D eigenvalue weighted by atomic mass is 31.1. The second-order valence-electron chi connectivity index (χ2n) is 5.56. The SMILES string of the molecule is CCCCCCCCC(CCCCCCC)OP=O. The average molecular weight is 288 g/mol. The Kier molecular flexibility index (Phi) is 16.2. The van der Waals surface area contributed by atoms with Crippen LogP contribution in [0.15, 0.2) is 0 Å². The number of unbranched alkanes of at least 4 members (excludes halogenated alkanes) is 9. The van der Waals surface area contributed by atoms with Crippen LogP contribution in [0.25, 0.3) is 0 Å². The van der Waals surface area contributed by atoms with Gasteiger partial charge in [-0.15, -0.1) is 0 Å². The van der Waals surface area contributed by atoms with Gasteiger partial charge in [-0.2, -0.15) is 0 Å². The first-order chi connectivity index (χ1) is 9.35. The highest BCUT2D eigenvalue weighted by Gasteiger charge is 2.09. The zero-order valence-electron chi connectivity index (χ0n) is 13.0. The molecule has 0 aliphatic heterocycles. The molecular formula is C16H33O2P. The van der Waals surface area contributed by atoms with Gasteiger partial charge in [-0.05, 0) is 12.8 Å². The van der Waals surface area contributed by atoms with Gasteiger partial charge in [0.25, 0.3) is 0 Å². The normalized spacial score (nSPS) is 12.9. The minimum absolute atomic E-state index is 0.144. The zero-order valence-corrected chi connectivity index (χ0v) is 13.9. The van der Waals surface area contributed by atoms with Gasteiger partial charge in [0, 0.05) is 0 Å². The van der Waals surface area contributed by atoms with Crippen molar-refractivity contribution in [3.05, 3.63) is 0 Å². The lowest BCUT2D eigenvalue weighted by Crippen LogP contribution is -2.07. The van der Waals surface area contributed by atoms with Gasteiger partial charge in [-0.3, -0.25) is 4.52 Å². The molecule has 0 aromatic rings. The summed E-state index contributed by atoms with van der Waals surface area (Å²) in [6, 6.07) is 0. The summed E-state index contributed by atoms with van der Waals surface area (Å²) < 4.78 is 15.9. The Hall–Kier alpha value is 0.0600. The minimum atomic E-state index is -0.144. The third kappa shape index (κ3) is 14.3. The van der Waals surface area contributed by atoms with E-state index in [1.807, 2.05) is 0 Å². The molecule has 0 aromatic heterocycles. The molecule has 0 saturated heterocycles. The van der Waals surface area contributed by atoms with Crippen molar-refractivity contribution in [2.45, 2.75) is 103 Å². The van der Waals surface area contributed by atoms with Gasteiger partial charge in [0.2, 0.25) is 0 Å². The van der Waals surface area contributed by atoms with Crippen LogP contribution in [0.5, 0.6) is 0 Å². The van der Waals surface area contributed by atoms with E-state index in [2.05, 4.69) is 13.8 Å². The molecular weight excluding hydrogens is 255 g/mol. The lowest BCUT2D eigenvalue weighted by Gasteiger charge is -2.13. The summed E-state index contributed by atoms with van der Waals surface area (Å²) in [4.78, 5) is 0. The van der Waals surface area contributed by atoms with Crippen molar-refractivity contribution in [1.29, 1.82) is 0 Å². The molecule has 0 spiro atoms. The van der Waals surface area contributed by atoms with Crippen LogP contribution in [0.4, 0.5) is 0 Å². The van der Waals surface area contributed by atoms with E-state index in [9.17, 15) is 4.57 Å². The Balaban J connectivity index is 3.47. The topological polar surface area (TPSA) is 26.3 Å². The quantitative estimate of drug-likeness (QED) is 0.248. The Labute approximate surface area is 122 Å². The first-order valence-electron chi connectivity index (χ1n) is 8.33. The molecule has 1 atom stereocenters. The van der Waals surface area contributed by atoms with Crippen LogP contribution in [0.3, 0.4) is 0 Å². The monoisotopic (exact) mass is 288 g/mol. The molecule has 1 unspecified atom stereocenters. The van der Waals surface area contributed by atoms with E-state index >= 15 is 0 Å². The smallest absolute Gasteiger partial charge is 0.291 e. The zero-order chi connectivity index (χ0) is 14.2. The summed E-state index contributed by atoms with van der Waals surface area (Å²) in [7, 11) is -0.144. The molecule has 0 fully saturated rings. The molecule has 0 rings (SSSR count). The van der Waals surface area contributed by atoms with E-state index in [1.165, 1.54) is 70.6 Å². The number of hydrogen-bond acceptors (Lipinski definition) is 2. The molecule has 0 N–H and O–H groups in total. The molecule has 0 aromatic carbocycles. The fourth-order valence-corrected chi connectivity index (χ4v) is 2.77. The van der Waals surface area contributed by atoms with Crippen molar-refractivity contribution in [1.82, 2.24) is 0 Å². The molecule has 0 aliphatic carbocycles. The van der Waals surface area contributed by atoms with Crippen LogP contribution in [0, 0.1) is 0 Å². The van der Waals surface area contributed by atoms with E-state index in [4.69, 9.17) is 4.52 Å². The van der Waals surface area contributed by atoms with Gasteiger partial charge in [0.15, 0.2) is 0 Å². The first-order valence-corrected chi connectivity index (χ1v) is 9.06. The van der Waals surface area contributed by atoms with E-state index in [0.29, 0.717) is 0 Å². The largest absolute Gasteiger partial charge is 0.327 e. The lowest BCUT2D eigenvalue weighted by molar-refractivity contribution is 0.192. The van der Waals surface area contributed by atoms with E-state index in [1.54, 1.807) is 0 Å². The fraction of sp³-hybridized carbons (Fsp3) is 1.00. The van der Waals surface area contributed by atoms with Crippen LogP contribution in [0.2, 0.25) is 0 Å². The highest BCUT2D eigenvalue weighted by molar-refractivity contribution is 7.17. The summed E-state index contributed by atoms with van der Waals surface area (Å²) in [5, 5.41) is 0. The molecule has 2 nitrogen and oxygen atoms in total. The third-order valence-electron chi connectivity index (χ3n) is 3.70. The van der Waals surface area contributed by atoms with Gasteiger partial charge >= 0.3 is 8.69 Å². The van der Waals surface area contributed by atoms with E-state index in [-0.39, 0.29) is 14.8 Å². The van der Waals surface area contributed by atoms with E-state index < -0.39 is 0 Å². The predicted molar refractivity (Wildman–Crippen MR) is 83.8 cm³/mol. The summed E-state index contributed by atoms with van der Waals surface area (Å²) in [5.41, 5.74) is 0. The molecule has 0 saturated carbocycles. The molecule has 0 bridgehead atoms. The van der Waals surface area contributed by atoms with Gasteiger partial charge in [0.1, 0.15) is 0 Å². The Bertz CT molecular complexity index is 186. The molecule has 0 heterocycles. The van der Waals surface area contributed by atoms with Crippen molar-refractivity contribution in [3.8, 4) is 0 Å². The summed E-state index contributed by atoms with van der Waals surface area (Å²) in [6.07, 6.45) is 16.7. The maximum absolute atomic E-state index is 10.6. The van der Waals surface area contributed by atoms with Gasteiger partial charge < -0.3 is 0 Å². The minimum Gasteiger partial charge on any atom is -0.291 e. The number of hydrogen-bond donors (Lipinski definition) is 0. The highest BCUT2D eigenvalue weighted by Crippen LogP contribution is 2.19. The van der Waals surface area contributed by atoms with Crippen LogP contribution in [-0.4, -0.2) is 6.10 Å². The Morgan fingerprint density at radius 1 is 0.737 bits per heavy atom. The molecule has 0 amide bonds. The van der Waals surface area contributed by atoms with Crippen LogP contribution >= 0.6 is 8.69 Å². The molecule has 19 heavy (non-hydrogen) atoms. The van der Waals surface area contributed by atoms with Crippen molar-refractivity contribution < 1.29 is 9.09 Å². The van der Waals surface area contributed by atoms with Crippen molar-refractivity contribution in [2.24, 2.45) is 0 Å². The van der Waals surface area contributed by atoms with Gasteiger partial charge in [-0.1, -0.05) is 84.5 Å². The van der Waals surface area contributed by atoms with Gasteiger partial charge in [0.05, 0.1) is 6.10 Å². The predicted octanol–water partition coefficient (Wildman–Crippen LogP) is 6.69. The fourth-order valence-electron chi connectivity index (χ4n) is 2.44. The molecule has 3 heteroatoms. The Morgan fingerprint density at radius 3 is 1.58 bits per heavy atom. The maximum atomic E-state index is 10.6. The summed E-state index contributed by atoms with van der Waals surface area (Å²) in [5.74, 6) is 0.